The second-order valence-electron chi connectivity index (χ2n) is 2.83. The van der Waals surface area contributed by atoms with Crippen LogP contribution in [0.2, 0.25) is 0 Å². The number of benzene rings is 1. The standard InChI is InChI=1S/C11H9BrS2/c12-10-6-7-11(14-10)13-8-9-4-2-1-3-5-9/h1-7H,8H2. The molecule has 2 aromatic rings. The molecule has 1 aromatic heterocycles. The van der Waals surface area contributed by atoms with Crippen LogP contribution in [0, 0.1) is 0 Å². The van der Waals surface area contributed by atoms with Crippen LogP contribution in [0.15, 0.2) is 50.5 Å². The SMILES string of the molecule is Brc1ccc(SCc2ccccc2)s1. The van der Waals surface area contributed by atoms with Crippen molar-refractivity contribution in [2.24, 2.45) is 0 Å². The van der Waals surface area contributed by atoms with E-state index in [9.17, 15) is 0 Å². The summed E-state index contributed by atoms with van der Waals surface area (Å²) in [5, 5.41) is 0. The number of rotatable bonds is 3. The molecule has 14 heavy (non-hydrogen) atoms. The van der Waals surface area contributed by atoms with Crippen molar-refractivity contribution in [1.29, 1.82) is 0 Å². The second-order valence-corrected chi connectivity index (χ2v) is 6.57. The van der Waals surface area contributed by atoms with Gasteiger partial charge in [-0.2, -0.15) is 0 Å². The van der Waals surface area contributed by atoms with Crippen molar-refractivity contribution < 1.29 is 0 Å². The minimum absolute atomic E-state index is 1.05. The predicted octanol–water partition coefficient (Wildman–Crippen LogP) is 4.80. The summed E-state index contributed by atoms with van der Waals surface area (Å²) in [4.78, 5) is 0. The molecule has 0 bridgehead atoms. The van der Waals surface area contributed by atoms with Gasteiger partial charge in [0.25, 0.3) is 0 Å². The molecule has 3 heteroatoms. The molecule has 0 aliphatic heterocycles. The van der Waals surface area contributed by atoms with E-state index < -0.39 is 0 Å². The third kappa shape index (κ3) is 2.87. The van der Waals surface area contributed by atoms with E-state index in [1.54, 1.807) is 11.3 Å². The lowest BCUT2D eigenvalue weighted by molar-refractivity contribution is 1.41. The Labute approximate surface area is 100 Å². The largest absolute Gasteiger partial charge is 0.122 e. The van der Waals surface area contributed by atoms with Crippen LogP contribution in [0.5, 0.6) is 0 Å². The van der Waals surface area contributed by atoms with Gasteiger partial charge in [-0.3, -0.25) is 0 Å². The van der Waals surface area contributed by atoms with E-state index in [2.05, 4.69) is 58.4 Å². The number of hydrogen-bond acceptors (Lipinski definition) is 2. The Morgan fingerprint density at radius 1 is 1.07 bits per heavy atom. The Kier molecular flexibility index (Phi) is 3.67. The first-order valence-electron chi connectivity index (χ1n) is 4.26. The second kappa shape index (κ2) is 5.01. The van der Waals surface area contributed by atoms with Crippen LogP contribution in [-0.2, 0) is 5.75 Å². The van der Waals surface area contributed by atoms with Gasteiger partial charge in [0.05, 0.1) is 8.00 Å². The summed E-state index contributed by atoms with van der Waals surface area (Å²) in [7, 11) is 0. The minimum atomic E-state index is 1.05. The van der Waals surface area contributed by atoms with Crippen molar-refractivity contribution in [1.82, 2.24) is 0 Å². The maximum atomic E-state index is 3.46. The lowest BCUT2D eigenvalue weighted by Crippen LogP contribution is -1.76. The zero-order valence-corrected chi connectivity index (χ0v) is 10.7. The fraction of sp³-hybridized carbons (Fsp3) is 0.0909. The van der Waals surface area contributed by atoms with E-state index in [1.165, 1.54) is 13.6 Å². The molecule has 72 valence electrons. The molecular formula is C11H9BrS2. The van der Waals surface area contributed by atoms with Gasteiger partial charge in [-0.25, -0.2) is 0 Å². The molecule has 0 radical (unpaired) electrons. The molecule has 0 atom stereocenters. The van der Waals surface area contributed by atoms with Gasteiger partial charge >= 0.3 is 0 Å². The number of hydrogen-bond donors (Lipinski definition) is 0. The highest BCUT2D eigenvalue weighted by molar-refractivity contribution is 9.11. The molecule has 1 aromatic carbocycles. The average molecular weight is 285 g/mol. The van der Waals surface area contributed by atoms with Gasteiger partial charge in [0, 0.05) is 5.75 Å². The number of thioether (sulfide) groups is 1. The van der Waals surface area contributed by atoms with Gasteiger partial charge in [-0.15, -0.1) is 23.1 Å². The van der Waals surface area contributed by atoms with Crippen LogP contribution in [0.25, 0.3) is 0 Å². The van der Waals surface area contributed by atoms with Gasteiger partial charge in [0.15, 0.2) is 0 Å². The third-order valence-corrected chi connectivity index (χ3v) is 4.69. The van der Waals surface area contributed by atoms with E-state index >= 15 is 0 Å². The molecular weight excluding hydrogens is 276 g/mol. The Hall–Kier alpha value is -0.250. The first-order chi connectivity index (χ1) is 6.84. The third-order valence-electron chi connectivity index (χ3n) is 1.77. The fourth-order valence-electron chi connectivity index (χ4n) is 1.10. The summed E-state index contributed by atoms with van der Waals surface area (Å²) in [6.45, 7) is 0. The molecule has 0 spiro atoms. The van der Waals surface area contributed by atoms with Crippen molar-refractivity contribution in [2.75, 3.05) is 0 Å². The van der Waals surface area contributed by atoms with Crippen LogP contribution >= 0.6 is 39.0 Å². The zero-order chi connectivity index (χ0) is 9.80. The minimum Gasteiger partial charge on any atom is -0.122 e. The normalized spacial score (nSPS) is 10.4. The molecule has 0 aliphatic rings. The van der Waals surface area contributed by atoms with Crippen molar-refractivity contribution in [2.45, 2.75) is 9.96 Å². The Morgan fingerprint density at radius 2 is 1.86 bits per heavy atom. The maximum absolute atomic E-state index is 3.46. The summed E-state index contributed by atoms with van der Waals surface area (Å²) in [6, 6.07) is 14.8. The summed E-state index contributed by atoms with van der Waals surface area (Å²) in [5.74, 6) is 1.05. The van der Waals surface area contributed by atoms with Gasteiger partial charge in [-0.1, -0.05) is 30.3 Å². The van der Waals surface area contributed by atoms with Crippen molar-refractivity contribution in [3.8, 4) is 0 Å². The van der Waals surface area contributed by atoms with E-state index in [0.717, 1.165) is 5.75 Å². The van der Waals surface area contributed by atoms with E-state index in [4.69, 9.17) is 0 Å². The van der Waals surface area contributed by atoms with Crippen LogP contribution in [0.4, 0.5) is 0 Å². The smallest absolute Gasteiger partial charge is 0.0710 e. The van der Waals surface area contributed by atoms with Crippen molar-refractivity contribution in [3.63, 3.8) is 0 Å². The van der Waals surface area contributed by atoms with Gasteiger partial charge in [-0.05, 0) is 33.6 Å². The molecule has 1 heterocycles. The Balaban J connectivity index is 1.95. The predicted molar refractivity (Wildman–Crippen MR) is 68.0 cm³/mol. The van der Waals surface area contributed by atoms with Gasteiger partial charge in [0.2, 0.25) is 0 Å². The summed E-state index contributed by atoms with van der Waals surface area (Å²) in [6.07, 6.45) is 0. The molecule has 0 aliphatic carbocycles. The van der Waals surface area contributed by atoms with E-state index in [0.29, 0.717) is 0 Å². The summed E-state index contributed by atoms with van der Waals surface area (Å²) in [5.41, 5.74) is 1.38. The van der Waals surface area contributed by atoms with Gasteiger partial charge < -0.3 is 0 Å². The number of halogens is 1. The molecule has 0 saturated carbocycles. The molecule has 0 N–H and O–H groups in total. The molecule has 0 fully saturated rings. The highest BCUT2D eigenvalue weighted by Gasteiger charge is 1.98. The fourth-order valence-corrected chi connectivity index (χ4v) is 3.89. The van der Waals surface area contributed by atoms with E-state index in [-0.39, 0.29) is 0 Å². The molecule has 0 amide bonds. The molecule has 0 nitrogen and oxygen atoms in total. The lowest BCUT2D eigenvalue weighted by Gasteiger charge is -1.97. The van der Waals surface area contributed by atoms with Crippen molar-refractivity contribution in [3.05, 3.63) is 51.8 Å². The highest BCUT2D eigenvalue weighted by Crippen LogP contribution is 2.32. The Morgan fingerprint density at radius 3 is 2.50 bits per heavy atom. The van der Waals surface area contributed by atoms with Crippen LogP contribution in [0.1, 0.15) is 5.56 Å². The summed E-state index contributed by atoms with van der Waals surface area (Å²) >= 11 is 7.13. The average Bonchev–Trinajstić information content (AvgIpc) is 2.63. The molecule has 0 unspecified atom stereocenters. The zero-order valence-electron chi connectivity index (χ0n) is 7.44. The molecule has 0 saturated heterocycles. The van der Waals surface area contributed by atoms with Crippen LogP contribution in [-0.4, -0.2) is 0 Å². The van der Waals surface area contributed by atoms with E-state index in [1.807, 2.05) is 11.8 Å². The topological polar surface area (TPSA) is 0 Å². The van der Waals surface area contributed by atoms with Crippen molar-refractivity contribution >= 4 is 39.0 Å². The first-order valence-corrected chi connectivity index (χ1v) is 6.86. The quantitative estimate of drug-likeness (QED) is 0.730. The first kappa shape index (κ1) is 10.3. The monoisotopic (exact) mass is 284 g/mol. The maximum Gasteiger partial charge on any atom is 0.0710 e. The van der Waals surface area contributed by atoms with Gasteiger partial charge in [0.1, 0.15) is 0 Å². The van der Waals surface area contributed by atoms with Crippen LogP contribution < -0.4 is 0 Å². The van der Waals surface area contributed by atoms with Crippen LogP contribution in [0.3, 0.4) is 0 Å². The molecule has 2 rings (SSSR count). The lowest BCUT2D eigenvalue weighted by atomic mass is 10.2. The summed E-state index contributed by atoms with van der Waals surface area (Å²) < 4.78 is 2.56. The highest BCUT2D eigenvalue weighted by atomic mass is 79.9. The number of thiophene rings is 1. The Bertz CT molecular complexity index is 395.